The van der Waals surface area contributed by atoms with Crippen molar-refractivity contribution in [3.8, 4) is 11.1 Å². The van der Waals surface area contributed by atoms with Crippen molar-refractivity contribution >= 4 is 29.0 Å². The van der Waals surface area contributed by atoms with Gasteiger partial charge in [0.1, 0.15) is 0 Å². The molecule has 0 radical (unpaired) electrons. The summed E-state index contributed by atoms with van der Waals surface area (Å²) >= 11 is 0. The number of ketones is 2. The summed E-state index contributed by atoms with van der Waals surface area (Å²) in [6.45, 7) is 0.00697. The van der Waals surface area contributed by atoms with Crippen molar-refractivity contribution in [3.05, 3.63) is 137 Å². The van der Waals surface area contributed by atoms with E-state index >= 15 is 0 Å². The van der Waals surface area contributed by atoms with Crippen molar-refractivity contribution in [1.82, 2.24) is 5.32 Å². The summed E-state index contributed by atoms with van der Waals surface area (Å²) < 4.78 is 0. The number of carboxylic acid groups (broad SMARTS) is 1. The van der Waals surface area contributed by atoms with Gasteiger partial charge in [0, 0.05) is 28.8 Å². The highest BCUT2D eigenvalue weighted by Crippen LogP contribution is 2.33. The highest BCUT2D eigenvalue weighted by Gasteiger charge is 2.20. The number of hydrogen-bond donors (Lipinski definition) is 2. The SMILES string of the molecule is O=C(O)CCNC(=O)c1ccc(C(=O)/C(=C/C(=O)c2ccc(-c3ccccc3)cc2)c2ccc(C3CCCCC3)cc2)cc1. The second-order valence-electron chi connectivity index (χ2n) is 11.1. The van der Waals surface area contributed by atoms with Gasteiger partial charge in [0.2, 0.25) is 0 Å². The summed E-state index contributed by atoms with van der Waals surface area (Å²) in [5, 5.41) is 11.4. The monoisotopic (exact) mass is 585 g/mol. The molecule has 1 aliphatic carbocycles. The zero-order chi connectivity index (χ0) is 30.9. The Labute approximate surface area is 257 Å². The van der Waals surface area contributed by atoms with Crippen LogP contribution in [0.4, 0.5) is 0 Å². The first-order valence-corrected chi connectivity index (χ1v) is 15.1. The first kappa shape index (κ1) is 30.4. The Balaban J connectivity index is 1.41. The van der Waals surface area contributed by atoms with Crippen LogP contribution in [0, 0.1) is 0 Å². The number of hydrogen-bond acceptors (Lipinski definition) is 4. The lowest BCUT2D eigenvalue weighted by atomic mass is 9.83. The van der Waals surface area contributed by atoms with Crippen LogP contribution in [-0.2, 0) is 4.79 Å². The van der Waals surface area contributed by atoms with Crippen LogP contribution in [0.1, 0.15) is 86.6 Å². The third kappa shape index (κ3) is 7.64. The van der Waals surface area contributed by atoms with Crippen molar-refractivity contribution in [2.45, 2.75) is 44.4 Å². The average molecular weight is 586 g/mol. The van der Waals surface area contributed by atoms with Gasteiger partial charge < -0.3 is 10.4 Å². The molecule has 0 heterocycles. The lowest BCUT2D eigenvalue weighted by Crippen LogP contribution is -2.26. The van der Waals surface area contributed by atoms with Gasteiger partial charge in [-0.25, -0.2) is 0 Å². The van der Waals surface area contributed by atoms with Crippen molar-refractivity contribution in [1.29, 1.82) is 0 Å². The fourth-order valence-corrected chi connectivity index (χ4v) is 5.64. The van der Waals surface area contributed by atoms with Gasteiger partial charge >= 0.3 is 5.97 Å². The van der Waals surface area contributed by atoms with Crippen molar-refractivity contribution < 1.29 is 24.3 Å². The Bertz CT molecular complexity index is 1650. The van der Waals surface area contributed by atoms with Crippen molar-refractivity contribution in [2.75, 3.05) is 6.54 Å². The second-order valence-corrected chi connectivity index (χ2v) is 11.1. The molecule has 4 aromatic rings. The van der Waals surface area contributed by atoms with Gasteiger partial charge in [-0.1, -0.05) is 110 Å². The second kappa shape index (κ2) is 14.4. The first-order valence-electron chi connectivity index (χ1n) is 15.1. The Hall–Kier alpha value is -5.10. The van der Waals surface area contributed by atoms with Crippen LogP contribution in [0.5, 0.6) is 0 Å². The van der Waals surface area contributed by atoms with Crippen LogP contribution in [0.3, 0.4) is 0 Å². The Morgan fingerprint density at radius 3 is 1.86 bits per heavy atom. The molecular formula is C38H35NO5. The summed E-state index contributed by atoms with van der Waals surface area (Å²) in [5.41, 5.74) is 5.34. The zero-order valence-electron chi connectivity index (χ0n) is 24.5. The average Bonchev–Trinajstić information content (AvgIpc) is 3.07. The van der Waals surface area contributed by atoms with Crippen LogP contribution in [-0.4, -0.2) is 35.1 Å². The van der Waals surface area contributed by atoms with E-state index in [-0.39, 0.29) is 30.1 Å². The molecule has 4 aromatic carbocycles. The summed E-state index contributed by atoms with van der Waals surface area (Å²) in [6.07, 6.45) is 7.26. The maximum atomic E-state index is 13.9. The Kier molecular flexibility index (Phi) is 9.92. The smallest absolute Gasteiger partial charge is 0.305 e. The molecule has 0 atom stereocenters. The van der Waals surface area contributed by atoms with Crippen LogP contribution in [0.2, 0.25) is 0 Å². The lowest BCUT2D eigenvalue weighted by Gasteiger charge is -2.22. The quantitative estimate of drug-likeness (QED) is 0.138. The molecule has 6 heteroatoms. The zero-order valence-corrected chi connectivity index (χ0v) is 24.5. The molecular weight excluding hydrogens is 550 g/mol. The topological polar surface area (TPSA) is 101 Å². The number of carboxylic acids is 1. The summed E-state index contributed by atoms with van der Waals surface area (Å²) in [5.74, 6) is -1.52. The van der Waals surface area contributed by atoms with Crippen LogP contribution in [0.25, 0.3) is 16.7 Å². The molecule has 2 N–H and O–H groups in total. The first-order chi connectivity index (χ1) is 21.4. The number of amides is 1. The van der Waals surface area contributed by atoms with E-state index in [1.165, 1.54) is 43.0 Å². The minimum atomic E-state index is -1.00. The molecule has 222 valence electrons. The van der Waals surface area contributed by atoms with Crippen LogP contribution < -0.4 is 5.32 Å². The number of carbonyl (C=O) groups is 4. The van der Waals surface area contributed by atoms with Gasteiger partial charge in [0.15, 0.2) is 11.6 Å². The third-order valence-electron chi connectivity index (χ3n) is 8.13. The van der Waals surface area contributed by atoms with Crippen LogP contribution in [0.15, 0.2) is 109 Å². The summed E-state index contributed by atoms with van der Waals surface area (Å²) in [7, 11) is 0. The molecule has 0 spiro atoms. The van der Waals surface area contributed by atoms with Gasteiger partial charge in [0.05, 0.1) is 6.42 Å². The molecule has 0 aromatic heterocycles. The van der Waals surface area contributed by atoms with E-state index in [0.29, 0.717) is 28.2 Å². The lowest BCUT2D eigenvalue weighted by molar-refractivity contribution is -0.136. The molecule has 1 amide bonds. The molecule has 5 rings (SSSR count). The number of allylic oxidation sites excluding steroid dienone is 2. The van der Waals surface area contributed by atoms with Gasteiger partial charge in [-0.3, -0.25) is 19.2 Å². The van der Waals surface area contributed by atoms with Gasteiger partial charge in [-0.15, -0.1) is 0 Å². The van der Waals surface area contributed by atoms with Gasteiger partial charge in [-0.2, -0.15) is 0 Å². The molecule has 0 aliphatic heterocycles. The maximum absolute atomic E-state index is 13.9. The summed E-state index contributed by atoms with van der Waals surface area (Å²) in [4.78, 5) is 50.5. The Morgan fingerprint density at radius 1 is 0.659 bits per heavy atom. The van der Waals surface area contributed by atoms with Gasteiger partial charge in [0.25, 0.3) is 5.91 Å². The van der Waals surface area contributed by atoms with E-state index in [1.807, 2.05) is 54.6 Å². The number of aliphatic carboxylic acids is 1. The molecule has 1 aliphatic rings. The minimum Gasteiger partial charge on any atom is -0.481 e. The maximum Gasteiger partial charge on any atom is 0.305 e. The number of rotatable bonds is 11. The largest absolute Gasteiger partial charge is 0.481 e. The molecule has 1 saturated carbocycles. The van der Waals surface area contributed by atoms with Crippen LogP contribution >= 0.6 is 0 Å². The normalized spacial score (nSPS) is 13.7. The fourth-order valence-electron chi connectivity index (χ4n) is 5.64. The number of nitrogens with one attached hydrogen (secondary N) is 1. The highest BCUT2D eigenvalue weighted by atomic mass is 16.4. The molecule has 0 saturated heterocycles. The molecule has 1 fully saturated rings. The molecule has 0 unspecified atom stereocenters. The van der Waals surface area contributed by atoms with E-state index in [1.54, 1.807) is 24.3 Å². The van der Waals surface area contributed by atoms with Crippen molar-refractivity contribution in [2.24, 2.45) is 0 Å². The number of Topliss-reactive ketones (excluding diaryl/α,β-unsaturated/α-hetero) is 1. The van der Waals surface area contributed by atoms with E-state index in [2.05, 4.69) is 17.4 Å². The molecule has 6 nitrogen and oxygen atoms in total. The standard InChI is InChI=1S/C38H35NO5/c40-35(31-17-13-29(14-18-31)27-9-5-2-6-10-27)25-34(30-15-11-28(12-16-30)26-7-3-1-4-8-26)37(43)32-19-21-33(22-20-32)38(44)39-24-23-36(41)42/h2,5-6,9-22,25-26H,1,3-4,7-8,23-24H2,(H,39,44)(H,41,42)/b34-25+. The minimum absolute atomic E-state index is 0.00697. The molecule has 0 bridgehead atoms. The number of benzene rings is 4. The van der Waals surface area contributed by atoms with Crippen molar-refractivity contribution in [3.63, 3.8) is 0 Å². The predicted octanol–water partition coefficient (Wildman–Crippen LogP) is 7.76. The predicted molar refractivity (Wildman–Crippen MR) is 172 cm³/mol. The number of carbonyl (C=O) groups excluding carboxylic acids is 3. The molecule has 44 heavy (non-hydrogen) atoms. The third-order valence-corrected chi connectivity index (χ3v) is 8.13. The van der Waals surface area contributed by atoms with E-state index in [0.717, 1.165) is 24.0 Å². The van der Waals surface area contributed by atoms with E-state index in [9.17, 15) is 19.2 Å². The fraction of sp³-hybridized carbons (Fsp3) is 0.211. The van der Waals surface area contributed by atoms with Gasteiger partial charge in [-0.05, 0) is 59.2 Å². The summed E-state index contributed by atoms with van der Waals surface area (Å²) in [6, 6.07) is 31.4. The van der Waals surface area contributed by atoms with E-state index < -0.39 is 11.9 Å². The van der Waals surface area contributed by atoms with E-state index in [4.69, 9.17) is 5.11 Å². The Morgan fingerprint density at radius 2 is 1.23 bits per heavy atom. The highest BCUT2D eigenvalue weighted by molar-refractivity contribution is 6.32.